The van der Waals surface area contributed by atoms with Crippen LogP contribution >= 0.6 is 11.6 Å². The SMILES string of the molecule is COc1cccc(Nc2nc(Cl)nc3c2CN(Cc2ccccc2)CC3)c1. The van der Waals surface area contributed by atoms with Gasteiger partial charge in [-0.1, -0.05) is 36.4 Å². The van der Waals surface area contributed by atoms with E-state index in [0.717, 1.165) is 54.6 Å². The quantitative estimate of drug-likeness (QED) is 0.663. The van der Waals surface area contributed by atoms with Crippen molar-refractivity contribution in [3.8, 4) is 5.75 Å². The molecule has 0 saturated carbocycles. The smallest absolute Gasteiger partial charge is 0.224 e. The molecule has 1 aliphatic rings. The number of fused-ring (bicyclic) bond motifs is 1. The monoisotopic (exact) mass is 380 g/mol. The van der Waals surface area contributed by atoms with Crippen molar-refractivity contribution in [2.45, 2.75) is 19.5 Å². The Morgan fingerprint density at radius 1 is 1.11 bits per heavy atom. The van der Waals surface area contributed by atoms with Crippen LogP contribution in [0.3, 0.4) is 0 Å². The molecule has 0 bridgehead atoms. The molecule has 1 N–H and O–H groups in total. The van der Waals surface area contributed by atoms with E-state index in [0.29, 0.717) is 0 Å². The zero-order chi connectivity index (χ0) is 18.6. The summed E-state index contributed by atoms with van der Waals surface area (Å²) >= 11 is 6.17. The molecule has 27 heavy (non-hydrogen) atoms. The summed E-state index contributed by atoms with van der Waals surface area (Å²) < 4.78 is 5.31. The maximum Gasteiger partial charge on any atom is 0.224 e. The minimum Gasteiger partial charge on any atom is -0.497 e. The van der Waals surface area contributed by atoms with E-state index in [1.165, 1.54) is 5.56 Å². The Kier molecular flexibility index (Phi) is 5.23. The van der Waals surface area contributed by atoms with E-state index < -0.39 is 0 Å². The van der Waals surface area contributed by atoms with Crippen LogP contribution in [-0.4, -0.2) is 28.5 Å². The van der Waals surface area contributed by atoms with Gasteiger partial charge in [0, 0.05) is 43.4 Å². The molecule has 0 atom stereocenters. The third-order valence-corrected chi connectivity index (χ3v) is 4.86. The molecule has 0 amide bonds. The largest absolute Gasteiger partial charge is 0.497 e. The Labute approximate surface area is 164 Å². The van der Waals surface area contributed by atoms with Gasteiger partial charge >= 0.3 is 0 Å². The van der Waals surface area contributed by atoms with Gasteiger partial charge in [-0.25, -0.2) is 9.97 Å². The highest BCUT2D eigenvalue weighted by molar-refractivity contribution is 6.28. The summed E-state index contributed by atoms with van der Waals surface area (Å²) in [7, 11) is 1.66. The average molecular weight is 381 g/mol. The van der Waals surface area contributed by atoms with Gasteiger partial charge in [0.05, 0.1) is 12.8 Å². The Morgan fingerprint density at radius 2 is 1.96 bits per heavy atom. The Bertz CT molecular complexity index is 933. The molecule has 2 aromatic carbocycles. The Morgan fingerprint density at radius 3 is 2.78 bits per heavy atom. The number of anilines is 2. The van der Waals surface area contributed by atoms with Crippen molar-refractivity contribution in [3.05, 3.63) is 76.7 Å². The molecule has 4 rings (SSSR count). The maximum atomic E-state index is 6.17. The highest BCUT2D eigenvalue weighted by Gasteiger charge is 2.22. The molecule has 0 fully saturated rings. The molecule has 0 aliphatic carbocycles. The van der Waals surface area contributed by atoms with Crippen molar-refractivity contribution < 1.29 is 4.74 Å². The first-order valence-corrected chi connectivity index (χ1v) is 9.32. The summed E-state index contributed by atoms with van der Waals surface area (Å²) in [6.45, 7) is 2.64. The van der Waals surface area contributed by atoms with Gasteiger partial charge in [0.1, 0.15) is 11.6 Å². The van der Waals surface area contributed by atoms with Crippen LogP contribution in [0.5, 0.6) is 5.75 Å². The number of nitrogens with one attached hydrogen (secondary N) is 1. The van der Waals surface area contributed by atoms with Crippen LogP contribution in [0.4, 0.5) is 11.5 Å². The lowest BCUT2D eigenvalue weighted by Crippen LogP contribution is -2.31. The average Bonchev–Trinajstić information content (AvgIpc) is 2.69. The maximum absolute atomic E-state index is 6.17. The van der Waals surface area contributed by atoms with Crippen LogP contribution in [0.2, 0.25) is 5.28 Å². The second kappa shape index (κ2) is 7.94. The van der Waals surface area contributed by atoms with Gasteiger partial charge in [-0.05, 0) is 29.3 Å². The molecule has 0 unspecified atom stereocenters. The molecule has 1 aromatic heterocycles. The van der Waals surface area contributed by atoms with Gasteiger partial charge in [0.25, 0.3) is 0 Å². The molecule has 0 spiro atoms. The summed E-state index contributed by atoms with van der Waals surface area (Å²) in [6, 6.07) is 18.3. The van der Waals surface area contributed by atoms with Crippen LogP contribution in [0.1, 0.15) is 16.8 Å². The number of methoxy groups -OCH3 is 1. The minimum atomic E-state index is 0.274. The molecule has 0 radical (unpaired) electrons. The fraction of sp³-hybridized carbons (Fsp3) is 0.238. The van der Waals surface area contributed by atoms with E-state index in [4.69, 9.17) is 16.3 Å². The van der Waals surface area contributed by atoms with Crippen molar-refractivity contribution >= 4 is 23.1 Å². The van der Waals surface area contributed by atoms with E-state index in [2.05, 4.69) is 44.5 Å². The Hall–Kier alpha value is -2.63. The lowest BCUT2D eigenvalue weighted by atomic mass is 10.0. The van der Waals surface area contributed by atoms with E-state index >= 15 is 0 Å². The Balaban J connectivity index is 1.59. The van der Waals surface area contributed by atoms with Crippen LogP contribution < -0.4 is 10.1 Å². The number of halogens is 1. The predicted molar refractivity (Wildman–Crippen MR) is 108 cm³/mol. The second-order valence-electron chi connectivity index (χ2n) is 6.57. The predicted octanol–water partition coefficient (Wildman–Crippen LogP) is 4.44. The van der Waals surface area contributed by atoms with Gasteiger partial charge in [-0.3, -0.25) is 4.90 Å². The number of nitrogens with zero attached hydrogens (tertiary/aromatic N) is 3. The molecule has 6 heteroatoms. The molecular weight excluding hydrogens is 360 g/mol. The van der Waals surface area contributed by atoms with E-state index in [9.17, 15) is 0 Å². The number of hydrogen-bond donors (Lipinski definition) is 1. The topological polar surface area (TPSA) is 50.3 Å². The van der Waals surface area contributed by atoms with Gasteiger partial charge in [0.2, 0.25) is 5.28 Å². The van der Waals surface area contributed by atoms with Crippen LogP contribution in [0, 0.1) is 0 Å². The third-order valence-electron chi connectivity index (χ3n) is 4.69. The van der Waals surface area contributed by atoms with Crippen LogP contribution in [0.25, 0.3) is 0 Å². The molecule has 3 aromatic rings. The van der Waals surface area contributed by atoms with Crippen molar-refractivity contribution in [2.75, 3.05) is 19.0 Å². The molecular formula is C21H21ClN4O. The first kappa shape index (κ1) is 17.8. The molecule has 5 nitrogen and oxygen atoms in total. The fourth-order valence-electron chi connectivity index (χ4n) is 3.36. The standard InChI is InChI=1S/C21H21ClN4O/c1-27-17-9-5-8-16(12-17)23-20-18-14-26(13-15-6-3-2-4-7-15)11-10-19(18)24-21(22)25-20/h2-9,12H,10-11,13-14H2,1H3,(H,23,24,25). The normalized spacial score (nSPS) is 13.9. The molecule has 0 saturated heterocycles. The number of aromatic nitrogens is 2. The van der Waals surface area contributed by atoms with Crippen LogP contribution in [-0.2, 0) is 19.5 Å². The number of benzene rings is 2. The molecule has 2 heterocycles. The number of rotatable bonds is 5. The van der Waals surface area contributed by atoms with Gasteiger partial charge in [0.15, 0.2) is 0 Å². The zero-order valence-electron chi connectivity index (χ0n) is 15.2. The second-order valence-corrected chi connectivity index (χ2v) is 6.91. The van der Waals surface area contributed by atoms with Crippen molar-refractivity contribution in [3.63, 3.8) is 0 Å². The van der Waals surface area contributed by atoms with E-state index in [-0.39, 0.29) is 5.28 Å². The number of ether oxygens (including phenoxy) is 1. The third kappa shape index (κ3) is 4.21. The summed E-state index contributed by atoms with van der Waals surface area (Å²) in [6.07, 6.45) is 0.858. The highest BCUT2D eigenvalue weighted by Crippen LogP contribution is 2.29. The van der Waals surface area contributed by atoms with E-state index in [1.807, 2.05) is 30.3 Å². The molecule has 138 valence electrons. The van der Waals surface area contributed by atoms with Gasteiger partial charge < -0.3 is 10.1 Å². The van der Waals surface area contributed by atoms with Crippen LogP contribution in [0.15, 0.2) is 54.6 Å². The molecule has 1 aliphatic heterocycles. The zero-order valence-corrected chi connectivity index (χ0v) is 15.9. The van der Waals surface area contributed by atoms with Crippen molar-refractivity contribution in [2.24, 2.45) is 0 Å². The lowest BCUT2D eigenvalue weighted by Gasteiger charge is -2.29. The highest BCUT2D eigenvalue weighted by atomic mass is 35.5. The number of hydrogen-bond acceptors (Lipinski definition) is 5. The summed E-state index contributed by atoms with van der Waals surface area (Å²) in [5.74, 6) is 1.55. The summed E-state index contributed by atoms with van der Waals surface area (Å²) in [5.41, 5.74) is 4.33. The first-order valence-electron chi connectivity index (χ1n) is 8.94. The van der Waals surface area contributed by atoms with Gasteiger partial charge in [-0.15, -0.1) is 0 Å². The lowest BCUT2D eigenvalue weighted by molar-refractivity contribution is 0.243. The van der Waals surface area contributed by atoms with Crippen molar-refractivity contribution in [1.29, 1.82) is 0 Å². The first-order chi connectivity index (χ1) is 13.2. The van der Waals surface area contributed by atoms with E-state index in [1.54, 1.807) is 7.11 Å². The summed E-state index contributed by atoms with van der Waals surface area (Å²) in [4.78, 5) is 11.3. The fourth-order valence-corrected chi connectivity index (χ4v) is 3.54. The van der Waals surface area contributed by atoms with Crippen molar-refractivity contribution in [1.82, 2.24) is 14.9 Å². The summed E-state index contributed by atoms with van der Waals surface area (Å²) in [5, 5.41) is 3.66. The minimum absolute atomic E-state index is 0.274. The van der Waals surface area contributed by atoms with Gasteiger partial charge in [-0.2, -0.15) is 0 Å².